The molecule has 0 radical (unpaired) electrons. The van der Waals surface area contributed by atoms with Gasteiger partial charge in [0.2, 0.25) is 0 Å². The summed E-state index contributed by atoms with van der Waals surface area (Å²) in [6.45, 7) is 4.59. The third-order valence-corrected chi connectivity index (χ3v) is 5.29. The van der Waals surface area contributed by atoms with E-state index in [4.69, 9.17) is 13.6 Å². The van der Waals surface area contributed by atoms with Gasteiger partial charge in [-0.2, -0.15) is 5.10 Å². The second kappa shape index (κ2) is 8.66. The number of benzene rings is 1. The lowest BCUT2D eigenvalue weighted by atomic mass is 10.0. The number of amides is 1. The topological polar surface area (TPSA) is 102 Å². The number of hydrogen-bond acceptors (Lipinski definition) is 7. The van der Waals surface area contributed by atoms with Gasteiger partial charge in [-0.15, -0.1) is 0 Å². The highest BCUT2D eigenvalue weighted by atomic mass is 16.5. The van der Waals surface area contributed by atoms with Crippen LogP contribution < -0.4 is 5.63 Å². The Bertz CT molecular complexity index is 1210. The summed E-state index contributed by atoms with van der Waals surface area (Å²) in [6.07, 6.45) is 2.01. The Balaban J connectivity index is 1.54. The van der Waals surface area contributed by atoms with Gasteiger partial charge in [-0.3, -0.25) is 4.79 Å². The maximum Gasteiger partial charge on any atom is 0.342 e. The smallest absolute Gasteiger partial charge is 0.342 e. The summed E-state index contributed by atoms with van der Waals surface area (Å²) in [7, 11) is 0. The van der Waals surface area contributed by atoms with Crippen molar-refractivity contribution >= 4 is 17.6 Å². The zero-order valence-electron chi connectivity index (χ0n) is 18.0. The Morgan fingerprint density at radius 1 is 1.16 bits per heavy atom. The Hall–Kier alpha value is -3.94. The zero-order chi connectivity index (χ0) is 22.8. The van der Waals surface area contributed by atoms with E-state index in [2.05, 4.69) is 5.10 Å². The highest BCUT2D eigenvalue weighted by Gasteiger charge is 2.35. The number of furan rings is 1. The Kier molecular flexibility index (Phi) is 5.77. The van der Waals surface area contributed by atoms with Crippen molar-refractivity contribution in [2.45, 2.75) is 33.2 Å². The molecule has 0 saturated heterocycles. The molecule has 0 spiro atoms. The molecule has 0 N–H and O–H groups in total. The SMILES string of the molecule is Cc1ccc(C2=NN(C(=O)COC(=O)c3c(C)cc(=O)oc3C)C(c3ccco3)C2)cc1. The van der Waals surface area contributed by atoms with Crippen LogP contribution in [0.25, 0.3) is 0 Å². The van der Waals surface area contributed by atoms with Crippen molar-refractivity contribution in [2.24, 2.45) is 5.10 Å². The van der Waals surface area contributed by atoms with Crippen molar-refractivity contribution in [3.63, 3.8) is 0 Å². The normalized spacial score (nSPS) is 15.5. The van der Waals surface area contributed by atoms with Crippen LogP contribution >= 0.6 is 0 Å². The monoisotopic (exact) mass is 434 g/mol. The number of rotatable bonds is 5. The summed E-state index contributed by atoms with van der Waals surface area (Å²) in [4.78, 5) is 36.9. The number of ether oxygens (including phenoxy) is 1. The van der Waals surface area contributed by atoms with Gasteiger partial charge >= 0.3 is 11.6 Å². The van der Waals surface area contributed by atoms with Crippen LogP contribution in [-0.2, 0) is 9.53 Å². The van der Waals surface area contributed by atoms with Crippen LogP contribution in [0.5, 0.6) is 0 Å². The predicted molar refractivity (Wildman–Crippen MR) is 115 cm³/mol. The van der Waals surface area contributed by atoms with E-state index in [0.29, 0.717) is 17.7 Å². The predicted octanol–water partition coefficient (Wildman–Crippen LogP) is 3.69. The fraction of sp³-hybridized carbons (Fsp3) is 0.250. The minimum Gasteiger partial charge on any atom is -0.467 e. The summed E-state index contributed by atoms with van der Waals surface area (Å²) in [5, 5.41) is 5.81. The first-order chi connectivity index (χ1) is 15.3. The molecule has 0 bridgehead atoms. The summed E-state index contributed by atoms with van der Waals surface area (Å²) >= 11 is 0. The lowest BCUT2D eigenvalue weighted by Crippen LogP contribution is -2.31. The van der Waals surface area contributed by atoms with Gasteiger partial charge < -0.3 is 13.6 Å². The van der Waals surface area contributed by atoms with Crippen LogP contribution in [0.1, 0.15) is 51.0 Å². The molecular weight excluding hydrogens is 412 g/mol. The van der Waals surface area contributed by atoms with Crippen LogP contribution in [-0.4, -0.2) is 29.2 Å². The van der Waals surface area contributed by atoms with Crippen molar-refractivity contribution in [3.8, 4) is 0 Å². The van der Waals surface area contributed by atoms with Crippen LogP contribution in [0, 0.1) is 20.8 Å². The van der Waals surface area contributed by atoms with E-state index in [-0.39, 0.29) is 11.3 Å². The largest absolute Gasteiger partial charge is 0.467 e. The molecule has 2 aromatic heterocycles. The summed E-state index contributed by atoms with van der Waals surface area (Å²) in [5.74, 6) is -0.503. The molecule has 1 aliphatic rings. The van der Waals surface area contributed by atoms with E-state index >= 15 is 0 Å². The molecule has 3 heterocycles. The molecule has 0 aliphatic carbocycles. The van der Waals surface area contributed by atoms with Gasteiger partial charge in [-0.25, -0.2) is 14.6 Å². The van der Waals surface area contributed by atoms with Crippen molar-refractivity contribution in [3.05, 3.63) is 92.9 Å². The van der Waals surface area contributed by atoms with Gasteiger partial charge in [0.25, 0.3) is 5.91 Å². The molecule has 1 atom stereocenters. The minimum atomic E-state index is -0.742. The van der Waals surface area contributed by atoms with Gasteiger partial charge in [-0.1, -0.05) is 29.8 Å². The summed E-state index contributed by atoms with van der Waals surface area (Å²) in [6, 6.07) is 12.2. The molecule has 3 aromatic rings. The lowest BCUT2D eigenvalue weighted by Gasteiger charge is -2.19. The van der Waals surface area contributed by atoms with E-state index in [1.54, 1.807) is 19.1 Å². The molecule has 1 unspecified atom stereocenters. The minimum absolute atomic E-state index is 0.130. The van der Waals surface area contributed by atoms with Crippen LogP contribution in [0.3, 0.4) is 0 Å². The molecule has 0 saturated carbocycles. The maximum absolute atomic E-state index is 13.0. The fourth-order valence-corrected chi connectivity index (χ4v) is 3.69. The van der Waals surface area contributed by atoms with Crippen molar-refractivity contribution in [1.82, 2.24) is 5.01 Å². The quantitative estimate of drug-likeness (QED) is 0.568. The molecule has 1 aliphatic heterocycles. The van der Waals surface area contributed by atoms with E-state index < -0.39 is 30.2 Å². The average molecular weight is 434 g/mol. The second-order valence-electron chi connectivity index (χ2n) is 7.64. The molecule has 1 aromatic carbocycles. The van der Waals surface area contributed by atoms with Crippen molar-refractivity contribution in [2.75, 3.05) is 6.61 Å². The van der Waals surface area contributed by atoms with Gasteiger partial charge in [0, 0.05) is 12.5 Å². The van der Waals surface area contributed by atoms with Crippen LogP contribution in [0.2, 0.25) is 0 Å². The number of aryl methyl sites for hydroxylation is 3. The lowest BCUT2D eigenvalue weighted by molar-refractivity contribution is -0.136. The molecular formula is C24H22N2O6. The number of hydrazone groups is 1. The first-order valence-electron chi connectivity index (χ1n) is 10.1. The molecule has 8 heteroatoms. The van der Waals surface area contributed by atoms with Crippen LogP contribution in [0.15, 0.2) is 67.5 Å². The van der Waals surface area contributed by atoms with E-state index in [1.165, 1.54) is 24.3 Å². The van der Waals surface area contributed by atoms with E-state index in [9.17, 15) is 14.4 Å². The third kappa shape index (κ3) is 4.25. The first kappa shape index (κ1) is 21.3. The molecule has 8 nitrogen and oxygen atoms in total. The third-order valence-electron chi connectivity index (χ3n) is 5.29. The van der Waals surface area contributed by atoms with Crippen molar-refractivity contribution < 1.29 is 23.2 Å². The molecule has 0 fully saturated rings. The first-order valence-corrected chi connectivity index (χ1v) is 10.1. The summed E-state index contributed by atoms with van der Waals surface area (Å²) < 4.78 is 15.7. The highest BCUT2D eigenvalue weighted by molar-refractivity contribution is 6.03. The van der Waals surface area contributed by atoms with Gasteiger partial charge in [0.05, 0.1) is 12.0 Å². The van der Waals surface area contributed by atoms with E-state index in [1.807, 2.05) is 31.2 Å². The highest BCUT2D eigenvalue weighted by Crippen LogP contribution is 2.33. The number of carbonyl (C=O) groups is 2. The Labute approximate surface area is 184 Å². The van der Waals surface area contributed by atoms with E-state index in [0.717, 1.165) is 16.8 Å². The number of esters is 1. The number of nitrogens with zero attached hydrogens (tertiary/aromatic N) is 2. The Morgan fingerprint density at radius 3 is 2.56 bits per heavy atom. The molecule has 4 rings (SSSR count). The maximum atomic E-state index is 13.0. The van der Waals surface area contributed by atoms with Gasteiger partial charge in [0.15, 0.2) is 6.61 Å². The standard InChI is InChI=1S/C24H22N2O6/c1-14-6-8-17(9-7-14)18-12-19(20-5-4-10-30-20)26(25-18)21(27)13-31-24(29)23-15(2)11-22(28)32-16(23)3/h4-11,19H,12-13H2,1-3H3. The zero-order valence-corrected chi connectivity index (χ0v) is 18.0. The Morgan fingerprint density at radius 2 is 1.91 bits per heavy atom. The second-order valence-corrected chi connectivity index (χ2v) is 7.64. The number of hydrogen-bond donors (Lipinski definition) is 0. The fourth-order valence-electron chi connectivity index (χ4n) is 3.69. The van der Waals surface area contributed by atoms with Gasteiger partial charge in [-0.05, 0) is 44.0 Å². The molecule has 164 valence electrons. The van der Waals surface area contributed by atoms with Crippen molar-refractivity contribution in [1.29, 1.82) is 0 Å². The van der Waals surface area contributed by atoms with Gasteiger partial charge in [0.1, 0.15) is 23.1 Å². The summed E-state index contributed by atoms with van der Waals surface area (Å²) in [5.41, 5.74) is 2.77. The van der Waals surface area contributed by atoms with Crippen LogP contribution in [0.4, 0.5) is 0 Å². The molecule has 1 amide bonds. The molecule has 32 heavy (non-hydrogen) atoms. The average Bonchev–Trinajstić information content (AvgIpc) is 3.41. The number of carbonyl (C=O) groups excluding carboxylic acids is 2.